The smallest absolute Gasteiger partial charge is 0.417 e. The van der Waals surface area contributed by atoms with E-state index in [0.29, 0.717) is 24.8 Å². The van der Waals surface area contributed by atoms with Crippen molar-refractivity contribution in [3.8, 4) is 0 Å². The van der Waals surface area contributed by atoms with E-state index < -0.39 is 28.7 Å². The van der Waals surface area contributed by atoms with E-state index in [1.807, 2.05) is 0 Å². The van der Waals surface area contributed by atoms with Gasteiger partial charge >= 0.3 is 12.1 Å². The first kappa shape index (κ1) is 18.5. The van der Waals surface area contributed by atoms with Gasteiger partial charge in [0.2, 0.25) is 5.91 Å². The third kappa shape index (κ3) is 3.62. The minimum absolute atomic E-state index is 0.258. The summed E-state index contributed by atoms with van der Waals surface area (Å²) >= 11 is 0. The fraction of sp³-hybridized carbons (Fsp3) is 0.722. The Bertz CT molecular complexity index is 594. The molecule has 2 aliphatic rings. The lowest BCUT2D eigenvalue weighted by Gasteiger charge is -2.28. The summed E-state index contributed by atoms with van der Waals surface area (Å²) in [7, 11) is 0. The van der Waals surface area contributed by atoms with E-state index in [2.05, 4.69) is 0 Å². The molecule has 0 aromatic carbocycles. The molecule has 1 heterocycles. The topological polar surface area (TPSA) is 72.9 Å². The standard InChI is InChI=1S/C18H27NO5/c1-16(2,3)23-13(20)12-8-7-9-18(12)10-11-19(14(18)21)15(22)24-17(4,5)6/h8H,7,9-11H2,1-6H3. The van der Waals surface area contributed by atoms with Crippen LogP contribution in [0, 0.1) is 5.41 Å². The van der Waals surface area contributed by atoms with Crippen LogP contribution in [0.15, 0.2) is 11.6 Å². The monoisotopic (exact) mass is 337 g/mol. The van der Waals surface area contributed by atoms with Crippen molar-refractivity contribution < 1.29 is 23.9 Å². The molecule has 0 saturated carbocycles. The molecule has 6 nitrogen and oxygen atoms in total. The maximum atomic E-state index is 12.9. The van der Waals surface area contributed by atoms with Gasteiger partial charge in [-0.2, -0.15) is 0 Å². The first-order chi connectivity index (χ1) is 10.9. The van der Waals surface area contributed by atoms with Crippen molar-refractivity contribution in [2.75, 3.05) is 6.54 Å². The van der Waals surface area contributed by atoms with E-state index in [9.17, 15) is 14.4 Å². The largest absolute Gasteiger partial charge is 0.457 e. The van der Waals surface area contributed by atoms with Crippen molar-refractivity contribution in [1.29, 1.82) is 0 Å². The number of likely N-dealkylation sites (tertiary alicyclic amines) is 1. The van der Waals surface area contributed by atoms with Crippen LogP contribution in [0.5, 0.6) is 0 Å². The van der Waals surface area contributed by atoms with Crippen molar-refractivity contribution in [3.05, 3.63) is 11.6 Å². The number of carbonyl (C=O) groups is 3. The second kappa shape index (κ2) is 5.90. The molecule has 0 radical (unpaired) electrons. The van der Waals surface area contributed by atoms with Crippen LogP contribution in [0.3, 0.4) is 0 Å². The Balaban J connectivity index is 2.19. The van der Waals surface area contributed by atoms with Gasteiger partial charge in [-0.1, -0.05) is 6.08 Å². The number of allylic oxidation sites excluding steroid dienone is 1. The molecule has 1 fully saturated rings. The normalized spacial score (nSPS) is 24.3. The fourth-order valence-corrected chi connectivity index (χ4v) is 3.15. The number of hydrogen-bond acceptors (Lipinski definition) is 5. The summed E-state index contributed by atoms with van der Waals surface area (Å²) in [5.74, 6) is -0.828. The van der Waals surface area contributed by atoms with E-state index in [-0.39, 0.29) is 12.5 Å². The SMILES string of the molecule is CC(C)(C)OC(=O)C1=CCCC12CCN(C(=O)OC(C)(C)C)C2=O. The molecule has 1 unspecified atom stereocenters. The molecule has 6 heteroatoms. The van der Waals surface area contributed by atoms with Crippen molar-refractivity contribution in [2.24, 2.45) is 5.41 Å². The predicted molar refractivity (Wildman–Crippen MR) is 88.2 cm³/mol. The minimum Gasteiger partial charge on any atom is -0.457 e. The summed E-state index contributed by atoms with van der Waals surface area (Å²) in [4.78, 5) is 38.8. The van der Waals surface area contributed by atoms with Gasteiger partial charge < -0.3 is 9.47 Å². The second-order valence-electron chi connectivity index (χ2n) is 8.43. The highest BCUT2D eigenvalue weighted by Crippen LogP contribution is 2.48. The van der Waals surface area contributed by atoms with Crippen LogP contribution in [0.2, 0.25) is 0 Å². The molecule has 1 aliphatic carbocycles. The lowest BCUT2D eigenvalue weighted by molar-refractivity contribution is -0.153. The highest BCUT2D eigenvalue weighted by Gasteiger charge is 2.55. The van der Waals surface area contributed by atoms with Crippen LogP contribution in [-0.4, -0.2) is 40.6 Å². The Morgan fingerprint density at radius 3 is 2.17 bits per heavy atom. The second-order valence-corrected chi connectivity index (χ2v) is 8.43. The van der Waals surface area contributed by atoms with Crippen LogP contribution in [-0.2, 0) is 19.1 Å². The molecule has 1 saturated heterocycles. The van der Waals surface area contributed by atoms with Gasteiger partial charge in [-0.3, -0.25) is 4.79 Å². The zero-order chi connectivity index (χ0) is 18.3. The number of nitrogens with zero attached hydrogens (tertiary/aromatic N) is 1. The molecule has 1 spiro atoms. The molecule has 0 N–H and O–H groups in total. The zero-order valence-corrected chi connectivity index (χ0v) is 15.4. The predicted octanol–water partition coefficient (Wildman–Crippen LogP) is 3.20. The Morgan fingerprint density at radius 2 is 1.62 bits per heavy atom. The molecule has 2 rings (SSSR count). The van der Waals surface area contributed by atoms with Gasteiger partial charge in [-0.15, -0.1) is 0 Å². The maximum Gasteiger partial charge on any atom is 0.417 e. The summed E-state index contributed by atoms with van der Waals surface area (Å²) in [5, 5.41) is 0. The van der Waals surface area contributed by atoms with E-state index in [1.54, 1.807) is 47.6 Å². The van der Waals surface area contributed by atoms with Crippen molar-refractivity contribution in [3.63, 3.8) is 0 Å². The molecule has 134 valence electrons. The lowest BCUT2D eigenvalue weighted by atomic mass is 9.79. The Morgan fingerprint density at radius 1 is 1.04 bits per heavy atom. The summed E-state index contributed by atoms with van der Waals surface area (Å²) in [5.41, 5.74) is -1.87. The first-order valence-electron chi connectivity index (χ1n) is 8.35. The van der Waals surface area contributed by atoms with Gasteiger partial charge in [-0.25, -0.2) is 14.5 Å². The number of rotatable bonds is 1. The molecule has 1 atom stereocenters. The average molecular weight is 337 g/mol. The Kier molecular flexibility index (Phi) is 4.55. The van der Waals surface area contributed by atoms with Crippen LogP contribution >= 0.6 is 0 Å². The van der Waals surface area contributed by atoms with Crippen LogP contribution in [0.4, 0.5) is 4.79 Å². The van der Waals surface area contributed by atoms with Crippen molar-refractivity contribution in [2.45, 2.75) is 72.0 Å². The number of imide groups is 1. The minimum atomic E-state index is -0.945. The molecule has 24 heavy (non-hydrogen) atoms. The van der Waals surface area contributed by atoms with E-state index in [4.69, 9.17) is 9.47 Å². The summed E-state index contributed by atoms with van der Waals surface area (Å²) < 4.78 is 10.7. The molecular formula is C18H27NO5. The molecule has 1 aliphatic heterocycles. The molecular weight excluding hydrogens is 310 g/mol. The van der Waals surface area contributed by atoms with Gasteiger partial charge in [0.05, 0.1) is 5.41 Å². The summed E-state index contributed by atoms with van der Waals surface area (Å²) in [6, 6.07) is 0. The number of ether oxygens (including phenoxy) is 2. The maximum absolute atomic E-state index is 12.9. The van der Waals surface area contributed by atoms with Crippen molar-refractivity contribution >= 4 is 18.0 Å². The van der Waals surface area contributed by atoms with E-state index in [1.165, 1.54) is 0 Å². The third-order valence-corrected chi connectivity index (χ3v) is 4.08. The lowest BCUT2D eigenvalue weighted by Crippen LogP contribution is -2.42. The molecule has 0 aromatic rings. The quantitative estimate of drug-likeness (QED) is 0.687. The first-order valence-corrected chi connectivity index (χ1v) is 8.35. The van der Waals surface area contributed by atoms with Crippen LogP contribution in [0.25, 0.3) is 0 Å². The zero-order valence-electron chi connectivity index (χ0n) is 15.4. The third-order valence-electron chi connectivity index (χ3n) is 4.08. The highest BCUT2D eigenvalue weighted by atomic mass is 16.6. The molecule has 2 amide bonds. The number of hydrogen-bond donors (Lipinski definition) is 0. The van der Waals surface area contributed by atoms with Gasteiger partial charge in [0, 0.05) is 12.1 Å². The van der Waals surface area contributed by atoms with Gasteiger partial charge in [0.15, 0.2) is 0 Å². The van der Waals surface area contributed by atoms with Gasteiger partial charge in [0.25, 0.3) is 0 Å². The fourth-order valence-electron chi connectivity index (χ4n) is 3.15. The summed E-state index contributed by atoms with van der Waals surface area (Å²) in [6.07, 6.45) is 2.70. The van der Waals surface area contributed by atoms with Crippen LogP contribution < -0.4 is 0 Å². The van der Waals surface area contributed by atoms with Crippen molar-refractivity contribution in [1.82, 2.24) is 4.90 Å². The van der Waals surface area contributed by atoms with Gasteiger partial charge in [0.1, 0.15) is 11.2 Å². The highest BCUT2D eigenvalue weighted by molar-refractivity contribution is 6.06. The molecule has 0 aromatic heterocycles. The van der Waals surface area contributed by atoms with Crippen LogP contribution in [0.1, 0.15) is 60.8 Å². The summed E-state index contributed by atoms with van der Waals surface area (Å²) in [6.45, 7) is 10.9. The Labute approximate surface area is 143 Å². The number of esters is 1. The van der Waals surface area contributed by atoms with Gasteiger partial charge in [-0.05, 0) is 60.8 Å². The number of amides is 2. The van der Waals surface area contributed by atoms with E-state index in [0.717, 1.165) is 4.90 Å². The Hall–Kier alpha value is -1.85. The number of carbonyl (C=O) groups excluding carboxylic acids is 3. The average Bonchev–Trinajstić information content (AvgIpc) is 2.92. The van der Waals surface area contributed by atoms with E-state index >= 15 is 0 Å². The molecule has 0 bridgehead atoms.